The molecular formula is C21H26N6O. The number of amides is 1. The van der Waals surface area contributed by atoms with Gasteiger partial charge in [-0.1, -0.05) is 18.2 Å². The summed E-state index contributed by atoms with van der Waals surface area (Å²) in [6.07, 6.45) is 1.99. The molecular weight excluding hydrogens is 352 g/mol. The van der Waals surface area contributed by atoms with Crippen LogP contribution in [0.25, 0.3) is 10.9 Å². The SMILES string of the molecule is CCNc1cc(N2CCN(C(=O)Cn3ccc4ccccc43)CC2)nc(C)n1. The Hall–Kier alpha value is -3.09. The number of aryl methyl sites for hydroxylation is 1. The summed E-state index contributed by atoms with van der Waals surface area (Å²) in [7, 11) is 0. The van der Waals surface area contributed by atoms with Gasteiger partial charge >= 0.3 is 0 Å². The first-order chi connectivity index (χ1) is 13.6. The van der Waals surface area contributed by atoms with Crippen LogP contribution in [0.2, 0.25) is 0 Å². The third-order valence-electron chi connectivity index (χ3n) is 5.12. The topological polar surface area (TPSA) is 66.3 Å². The van der Waals surface area contributed by atoms with E-state index in [4.69, 9.17) is 0 Å². The Morgan fingerprint density at radius 2 is 1.89 bits per heavy atom. The molecule has 7 heteroatoms. The van der Waals surface area contributed by atoms with E-state index in [1.54, 1.807) is 0 Å². The molecule has 1 saturated heterocycles. The Bertz CT molecular complexity index is 974. The molecule has 1 aromatic carbocycles. The zero-order chi connectivity index (χ0) is 19.5. The molecule has 1 amide bonds. The average molecular weight is 378 g/mol. The number of rotatable bonds is 5. The van der Waals surface area contributed by atoms with Gasteiger partial charge in [0, 0.05) is 50.5 Å². The van der Waals surface area contributed by atoms with Crippen molar-refractivity contribution >= 4 is 28.4 Å². The Morgan fingerprint density at radius 3 is 2.68 bits per heavy atom. The van der Waals surface area contributed by atoms with Crippen LogP contribution in [0, 0.1) is 6.92 Å². The molecule has 0 atom stereocenters. The predicted molar refractivity (Wildman–Crippen MR) is 112 cm³/mol. The molecule has 1 aliphatic heterocycles. The summed E-state index contributed by atoms with van der Waals surface area (Å²) in [5.41, 5.74) is 1.10. The van der Waals surface area contributed by atoms with Crippen LogP contribution in [-0.4, -0.2) is 58.1 Å². The molecule has 28 heavy (non-hydrogen) atoms. The number of carbonyl (C=O) groups is 1. The van der Waals surface area contributed by atoms with Gasteiger partial charge in [-0.15, -0.1) is 0 Å². The van der Waals surface area contributed by atoms with Crippen molar-refractivity contribution in [2.75, 3.05) is 42.9 Å². The van der Waals surface area contributed by atoms with Gasteiger partial charge in [0.05, 0.1) is 0 Å². The fourth-order valence-corrected chi connectivity index (χ4v) is 3.69. The minimum atomic E-state index is 0.160. The van der Waals surface area contributed by atoms with Crippen LogP contribution in [0.4, 0.5) is 11.6 Å². The van der Waals surface area contributed by atoms with E-state index in [9.17, 15) is 4.79 Å². The van der Waals surface area contributed by atoms with Crippen LogP contribution in [-0.2, 0) is 11.3 Å². The second-order valence-corrected chi connectivity index (χ2v) is 7.06. The Balaban J connectivity index is 1.39. The highest BCUT2D eigenvalue weighted by molar-refractivity contribution is 5.83. The van der Waals surface area contributed by atoms with Gasteiger partial charge in [0.25, 0.3) is 0 Å². The molecule has 2 aromatic heterocycles. The number of para-hydroxylation sites is 1. The van der Waals surface area contributed by atoms with E-state index in [2.05, 4.69) is 45.3 Å². The molecule has 1 fully saturated rings. The van der Waals surface area contributed by atoms with E-state index < -0.39 is 0 Å². The maximum atomic E-state index is 12.8. The highest BCUT2D eigenvalue weighted by Crippen LogP contribution is 2.19. The quantitative estimate of drug-likeness (QED) is 0.739. The second kappa shape index (κ2) is 7.88. The van der Waals surface area contributed by atoms with E-state index in [-0.39, 0.29) is 5.91 Å². The summed E-state index contributed by atoms with van der Waals surface area (Å²) in [6.45, 7) is 8.13. The van der Waals surface area contributed by atoms with Crippen molar-refractivity contribution < 1.29 is 4.79 Å². The number of anilines is 2. The van der Waals surface area contributed by atoms with Gasteiger partial charge < -0.3 is 19.7 Å². The number of piperazine rings is 1. The molecule has 0 unspecified atom stereocenters. The van der Waals surface area contributed by atoms with Gasteiger partial charge in [0.2, 0.25) is 5.91 Å². The van der Waals surface area contributed by atoms with Crippen LogP contribution in [0.15, 0.2) is 42.6 Å². The first-order valence-corrected chi connectivity index (χ1v) is 9.80. The lowest BCUT2D eigenvalue weighted by atomic mass is 10.2. The minimum Gasteiger partial charge on any atom is -0.370 e. The summed E-state index contributed by atoms with van der Waals surface area (Å²) in [6, 6.07) is 12.2. The number of aromatic nitrogens is 3. The molecule has 7 nitrogen and oxygen atoms in total. The molecule has 0 aliphatic carbocycles. The van der Waals surface area contributed by atoms with Crippen molar-refractivity contribution in [2.24, 2.45) is 0 Å². The van der Waals surface area contributed by atoms with Crippen molar-refractivity contribution in [3.63, 3.8) is 0 Å². The summed E-state index contributed by atoms with van der Waals surface area (Å²) >= 11 is 0. The number of nitrogens with one attached hydrogen (secondary N) is 1. The lowest BCUT2D eigenvalue weighted by Crippen LogP contribution is -2.49. The van der Waals surface area contributed by atoms with Crippen LogP contribution < -0.4 is 10.2 Å². The van der Waals surface area contributed by atoms with Gasteiger partial charge in [0.15, 0.2) is 0 Å². The first-order valence-electron chi connectivity index (χ1n) is 9.80. The lowest BCUT2D eigenvalue weighted by molar-refractivity contribution is -0.132. The standard InChI is InChI=1S/C21H26N6O/c1-3-22-19-14-20(24-16(2)23-19)25-10-12-26(13-11-25)21(28)15-27-9-8-17-6-4-5-7-18(17)27/h4-9,14H,3,10-13,15H2,1-2H3,(H,22,23,24). The van der Waals surface area contributed by atoms with Crippen LogP contribution in [0.1, 0.15) is 12.7 Å². The number of carbonyl (C=O) groups excluding carboxylic acids is 1. The minimum absolute atomic E-state index is 0.160. The van der Waals surface area contributed by atoms with E-state index in [0.29, 0.717) is 19.6 Å². The molecule has 4 rings (SSSR count). The Morgan fingerprint density at radius 1 is 1.11 bits per heavy atom. The smallest absolute Gasteiger partial charge is 0.242 e. The van der Waals surface area contributed by atoms with Crippen molar-refractivity contribution in [1.82, 2.24) is 19.4 Å². The lowest BCUT2D eigenvalue weighted by Gasteiger charge is -2.35. The third-order valence-corrected chi connectivity index (χ3v) is 5.12. The van der Waals surface area contributed by atoms with E-state index in [0.717, 1.165) is 48.0 Å². The molecule has 0 bridgehead atoms. The maximum absolute atomic E-state index is 12.8. The summed E-state index contributed by atoms with van der Waals surface area (Å²) in [4.78, 5) is 26.0. The summed E-state index contributed by atoms with van der Waals surface area (Å²) in [5, 5.41) is 4.41. The zero-order valence-corrected chi connectivity index (χ0v) is 16.4. The van der Waals surface area contributed by atoms with Crippen molar-refractivity contribution in [3.8, 4) is 0 Å². The number of hydrogen-bond acceptors (Lipinski definition) is 5. The Labute approximate surface area is 165 Å². The fourth-order valence-electron chi connectivity index (χ4n) is 3.69. The molecule has 0 radical (unpaired) electrons. The maximum Gasteiger partial charge on any atom is 0.242 e. The van der Waals surface area contributed by atoms with E-state index in [1.807, 2.05) is 40.8 Å². The number of fused-ring (bicyclic) bond motifs is 1. The van der Waals surface area contributed by atoms with Crippen LogP contribution in [0.3, 0.4) is 0 Å². The number of nitrogens with zero attached hydrogens (tertiary/aromatic N) is 5. The van der Waals surface area contributed by atoms with E-state index in [1.165, 1.54) is 0 Å². The summed E-state index contributed by atoms with van der Waals surface area (Å²) < 4.78 is 2.03. The van der Waals surface area contributed by atoms with Gasteiger partial charge in [0.1, 0.15) is 24.0 Å². The normalized spacial score (nSPS) is 14.5. The molecule has 3 heterocycles. The number of benzene rings is 1. The molecule has 1 aliphatic rings. The molecule has 146 valence electrons. The predicted octanol–water partition coefficient (Wildman–Crippen LogP) is 2.52. The summed E-state index contributed by atoms with van der Waals surface area (Å²) in [5.74, 6) is 2.69. The highest BCUT2D eigenvalue weighted by Gasteiger charge is 2.23. The van der Waals surface area contributed by atoms with Crippen molar-refractivity contribution in [2.45, 2.75) is 20.4 Å². The molecule has 0 saturated carbocycles. The molecule has 1 N–H and O–H groups in total. The van der Waals surface area contributed by atoms with Crippen molar-refractivity contribution in [1.29, 1.82) is 0 Å². The van der Waals surface area contributed by atoms with Crippen LogP contribution in [0.5, 0.6) is 0 Å². The zero-order valence-electron chi connectivity index (χ0n) is 16.4. The Kier molecular flexibility index (Phi) is 5.14. The van der Waals surface area contributed by atoms with Crippen molar-refractivity contribution in [3.05, 3.63) is 48.4 Å². The molecule has 3 aromatic rings. The average Bonchev–Trinajstić information content (AvgIpc) is 3.11. The van der Waals surface area contributed by atoms with Crippen LogP contribution >= 0.6 is 0 Å². The molecule has 0 spiro atoms. The first kappa shape index (κ1) is 18.3. The highest BCUT2D eigenvalue weighted by atomic mass is 16.2. The van der Waals surface area contributed by atoms with Gasteiger partial charge in [-0.3, -0.25) is 4.79 Å². The largest absolute Gasteiger partial charge is 0.370 e. The second-order valence-electron chi connectivity index (χ2n) is 7.06. The van der Waals surface area contributed by atoms with Gasteiger partial charge in [-0.2, -0.15) is 0 Å². The van der Waals surface area contributed by atoms with E-state index >= 15 is 0 Å². The number of hydrogen-bond donors (Lipinski definition) is 1. The monoisotopic (exact) mass is 378 g/mol. The van der Waals surface area contributed by atoms with Gasteiger partial charge in [-0.05, 0) is 31.4 Å². The fraction of sp³-hybridized carbons (Fsp3) is 0.381. The van der Waals surface area contributed by atoms with Gasteiger partial charge in [-0.25, -0.2) is 9.97 Å². The third kappa shape index (κ3) is 3.78.